The number of hydrogen-bond donors (Lipinski definition) is 1. The lowest BCUT2D eigenvalue weighted by atomic mass is 9.96. The SMILES string of the molecule is N#CCC(C(=O)O)c1c(Cl)cccc1Cl. The van der Waals surface area contributed by atoms with Gasteiger partial charge in [0.05, 0.1) is 18.4 Å². The number of nitriles is 1. The Bertz CT molecular complexity index is 406. The van der Waals surface area contributed by atoms with Gasteiger partial charge >= 0.3 is 5.97 Å². The topological polar surface area (TPSA) is 61.1 Å². The van der Waals surface area contributed by atoms with Gasteiger partial charge in [-0.1, -0.05) is 29.3 Å². The number of carboxylic acid groups (broad SMARTS) is 1. The first-order valence-electron chi connectivity index (χ1n) is 4.11. The fourth-order valence-electron chi connectivity index (χ4n) is 1.25. The predicted octanol–water partition coefficient (Wildman–Crippen LogP) is 3.08. The van der Waals surface area contributed by atoms with Gasteiger partial charge in [0.1, 0.15) is 0 Å². The monoisotopic (exact) mass is 243 g/mol. The first kappa shape index (κ1) is 11.8. The molecule has 1 unspecified atom stereocenters. The van der Waals surface area contributed by atoms with Crippen molar-refractivity contribution in [2.45, 2.75) is 12.3 Å². The van der Waals surface area contributed by atoms with Gasteiger partial charge in [0, 0.05) is 15.6 Å². The van der Waals surface area contributed by atoms with Crippen molar-refractivity contribution < 1.29 is 9.90 Å². The molecule has 0 aliphatic rings. The maximum Gasteiger partial charge on any atom is 0.312 e. The molecule has 5 heteroatoms. The van der Waals surface area contributed by atoms with E-state index in [1.165, 1.54) is 0 Å². The van der Waals surface area contributed by atoms with Gasteiger partial charge in [-0.2, -0.15) is 5.26 Å². The van der Waals surface area contributed by atoms with Crippen molar-refractivity contribution in [3.63, 3.8) is 0 Å². The summed E-state index contributed by atoms with van der Waals surface area (Å²) in [6, 6.07) is 6.53. The summed E-state index contributed by atoms with van der Waals surface area (Å²) in [4.78, 5) is 10.9. The van der Waals surface area contributed by atoms with Crippen molar-refractivity contribution in [3.8, 4) is 6.07 Å². The minimum absolute atomic E-state index is 0.154. The molecule has 78 valence electrons. The summed E-state index contributed by atoms with van der Waals surface area (Å²) in [6.45, 7) is 0. The first-order valence-corrected chi connectivity index (χ1v) is 4.87. The van der Waals surface area contributed by atoms with E-state index in [2.05, 4.69) is 0 Å². The Morgan fingerprint density at radius 2 is 2.00 bits per heavy atom. The van der Waals surface area contributed by atoms with E-state index in [-0.39, 0.29) is 16.5 Å². The van der Waals surface area contributed by atoms with Crippen LogP contribution in [-0.2, 0) is 4.79 Å². The zero-order valence-electron chi connectivity index (χ0n) is 7.58. The number of halogens is 2. The standard InChI is InChI=1S/C10H7Cl2NO2/c11-7-2-1-3-8(12)9(7)6(4-5-13)10(14)15/h1-3,6H,4H2,(H,14,15). The molecular weight excluding hydrogens is 237 g/mol. The van der Waals surface area contributed by atoms with Crippen molar-refractivity contribution in [2.75, 3.05) is 0 Å². The average molecular weight is 244 g/mol. The molecule has 0 radical (unpaired) electrons. The summed E-state index contributed by atoms with van der Waals surface area (Å²) in [6.07, 6.45) is -0.154. The van der Waals surface area contributed by atoms with Crippen LogP contribution in [0.15, 0.2) is 18.2 Å². The molecule has 1 atom stereocenters. The van der Waals surface area contributed by atoms with Gasteiger partial charge in [-0.25, -0.2) is 0 Å². The summed E-state index contributed by atoms with van der Waals surface area (Å²) in [7, 11) is 0. The molecule has 0 saturated heterocycles. The zero-order chi connectivity index (χ0) is 11.4. The molecule has 0 spiro atoms. The van der Waals surface area contributed by atoms with Gasteiger partial charge in [-0.3, -0.25) is 4.79 Å². The third-order valence-electron chi connectivity index (χ3n) is 1.94. The first-order chi connectivity index (χ1) is 7.07. The maximum atomic E-state index is 10.9. The van der Waals surface area contributed by atoms with E-state index in [1.807, 2.05) is 0 Å². The highest BCUT2D eigenvalue weighted by molar-refractivity contribution is 6.36. The van der Waals surface area contributed by atoms with Crippen molar-refractivity contribution >= 4 is 29.2 Å². The van der Waals surface area contributed by atoms with Crippen LogP contribution in [0, 0.1) is 11.3 Å². The van der Waals surface area contributed by atoms with Crippen molar-refractivity contribution in [3.05, 3.63) is 33.8 Å². The lowest BCUT2D eigenvalue weighted by Gasteiger charge is -2.12. The van der Waals surface area contributed by atoms with Crippen molar-refractivity contribution in [2.24, 2.45) is 0 Å². The molecule has 1 aromatic carbocycles. The Hall–Kier alpha value is -1.24. The van der Waals surface area contributed by atoms with Crippen LogP contribution >= 0.6 is 23.2 Å². The Kier molecular flexibility index (Phi) is 3.96. The van der Waals surface area contributed by atoms with E-state index in [0.717, 1.165) is 0 Å². The van der Waals surface area contributed by atoms with Gasteiger partial charge < -0.3 is 5.11 Å². The summed E-state index contributed by atoms with van der Waals surface area (Å²) < 4.78 is 0. The quantitative estimate of drug-likeness (QED) is 0.888. The van der Waals surface area contributed by atoms with Crippen LogP contribution in [0.2, 0.25) is 10.0 Å². The third-order valence-corrected chi connectivity index (χ3v) is 2.60. The smallest absolute Gasteiger partial charge is 0.312 e. The molecule has 0 aliphatic heterocycles. The summed E-state index contributed by atoms with van der Waals surface area (Å²) in [5.74, 6) is -2.08. The third kappa shape index (κ3) is 2.62. The number of rotatable bonds is 3. The molecular formula is C10H7Cl2NO2. The molecule has 1 N–H and O–H groups in total. The molecule has 1 rings (SSSR count). The molecule has 0 heterocycles. The second-order valence-electron chi connectivity index (χ2n) is 2.89. The molecule has 15 heavy (non-hydrogen) atoms. The second-order valence-corrected chi connectivity index (χ2v) is 3.70. The summed E-state index contributed by atoms with van der Waals surface area (Å²) in [5.41, 5.74) is 0.301. The maximum absolute atomic E-state index is 10.9. The fourth-order valence-corrected chi connectivity index (χ4v) is 1.91. The fraction of sp³-hybridized carbons (Fsp3) is 0.200. The van der Waals surface area contributed by atoms with Crippen LogP contribution in [0.25, 0.3) is 0 Å². The van der Waals surface area contributed by atoms with Crippen LogP contribution in [0.4, 0.5) is 0 Å². The number of hydrogen-bond acceptors (Lipinski definition) is 2. The van der Waals surface area contributed by atoms with Gasteiger partial charge in [-0.15, -0.1) is 0 Å². The minimum Gasteiger partial charge on any atom is -0.481 e. The van der Waals surface area contributed by atoms with E-state index >= 15 is 0 Å². The van der Waals surface area contributed by atoms with E-state index in [1.54, 1.807) is 24.3 Å². The van der Waals surface area contributed by atoms with E-state index in [9.17, 15) is 4.79 Å². The molecule has 0 amide bonds. The van der Waals surface area contributed by atoms with Gasteiger partial charge in [-0.05, 0) is 12.1 Å². The number of nitrogens with zero attached hydrogens (tertiary/aromatic N) is 1. The molecule has 3 nitrogen and oxygen atoms in total. The summed E-state index contributed by atoms with van der Waals surface area (Å²) in [5, 5.41) is 18.0. The highest BCUT2D eigenvalue weighted by Crippen LogP contribution is 2.33. The molecule has 0 fully saturated rings. The lowest BCUT2D eigenvalue weighted by Crippen LogP contribution is -2.12. The normalized spacial score (nSPS) is 11.8. The molecule has 0 saturated carbocycles. The Morgan fingerprint density at radius 3 is 2.40 bits per heavy atom. The van der Waals surface area contributed by atoms with Crippen LogP contribution in [0.5, 0.6) is 0 Å². The zero-order valence-corrected chi connectivity index (χ0v) is 9.09. The second kappa shape index (κ2) is 5.01. The largest absolute Gasteiger partial charge is 0.481 e. The Morgan fingerprint density at radius 1 is 1.47 bits per heavy atom. The Labute approximate surface area is 96.8 Å². The van der Waals surface area contributed by atoms with Gasteiger partial charge in [0.2, 0.25) is 0 Å². The number of carboxylic acids is 1. The highest BCUT2D eigenvalue weighted by atomic mass is 35.5. The van der Waals surface area contributed by atoms with E-state index in [0.29, 0.717) is 5.56 Å². The van der Waals surface area contributed by atoms with Crippen molar-refractivity contribution in [1.82, 2.24) is 0 Å². The number of aliphatic carboxylic acids is 1. The molecule has 1 aromatic rings. The van der Waals surface area contributed by atoms with Crippen molar-refractivity contribution in [1.29, 1.82) is 5.26 Å². The van der Waals surface area contributed by atoms with Gasteiger partial charge in [0.15, 0.2) is 0 Å². The van der Waals surface area contributed by atoms with Gasteiger partial charge in [0.25, 0.3) is 0 Å². The minimum atomic E-state index is -1.11. The average Bonchev–Trinajstić information content (AvgIpc) is 2.15. The summed E-state index contributed by atoms with van der Waals surface area (Å²) >= 11 is 11.7. The Balaban J connectivity index is 3.23. The highest BCUT2D eigenvalue weighted by Gasteiger charge is 2.24. The molecule has 0 aliphatic carbocycles. The van der Waals surface area contributed by atoms with Crippen LogP contribution in [-0.4, -0.2) is 11.1 Å². The van der Waals surface area contributed by atoms with Crippen LogP contribution in [0.3, 0.4) is 0 Å². The number of carbonyl (C=O) groups is 1. The van der Waals surface area contributed by atoms with Crippen LogP contribution < -0.4 is 0 Å². The number of benzene rings is 1. The predicted molar refractivity (Wildman–Crippen MR) is 57.1 cm³/mol. The van der Waals surface area contributed by atoms with E-state index in [4.69, 9.17) is 33.6 Å². The van der Waals surface area contributed by atoms with E-state index < -0.39 is 11.9 Å². The molecule has 0 aromatic heterocycles. The lowest BCUT2D eigenvalue weighted by molar-refractivity contribution is -0.138. The van der Waals surface area contributed by atoms with Crippen LogP contribution in [0.1, 0.15) is 17.9 Å². The molecule has 0 bridgehead atoms.